The lowest BCUT2D eigenvalue weighted by atomic mass is 9.97. The van der Waals surface area contributed by atoms with E-state index in [0.717, 1.165) is 51.6 Å². The lowest BCUT2D eigenvalue weighted by Gasteiger charge is -2.13. The summed E-state index contributed by atoms with van der Waals surface area (Å²) >= 11 is 3.28. The van der Waals surface area contributed by atoms with Gasteiger partial charge in [-0.2, -0.15) is 5.10 Å². The number of thioether (sulfide) groups is 1. The number of hydrogen-bond acceptors (Lipinski definition) is 5. The molecule has 3 heterocycles. The first-order valence-electron chi connectivity index (χ1n) is 11.1. The summed E-state index contributed by atoms with van der Waals surface area (Å²) in [6, 6.07) is 19.9. The third-order valence-electron chi connectivity index (χ3n) is 6.00. The fraction of sp³-hybridized carbons (Fsp3) is 0.192. The minimum absolute atomic E-state index is 0.0491. The minimum Gasteiger partial charge on any atom is -0.268 e. The quantitative estimate of drug-likeness (QED) is 0.240. The van der Waals surface area contributed by atoms with Gasteiger partial charge >= 0.3 is 0 Å². The van der Waals surface area contributed by atoms with Gasteiger partial charge in [0.15, 0.2) is 5.16 Å². The summed E-state index contributed by atoms with van der Waals surface area (Å²) < 4.78 is 3.67. The van der Waals surface area contributed by atoms with Crippen LogP contribution in [0.4, 0.5) is 0 Å². The summed E-state index contributed by atoms with van der Waals surface area (Å²) in [6.07, 6.45) is 8.29. The average Bonchev–Trinajstić information content (AvgIpc) is 3.48. The number of rotatable bonds is 5. The van der Waals surface area contributed by atoms with Crippen LogP contribution in [0.5, 0.6) is 0 Å². The van der Waals surface area contributed by atoms with Crippen molar-refractivity contribution in [3.63, 3.8) is 0 Å². The highest BCUT2D eigenvalue weighted by Gasteiger charge is 2.23. The normalized spacial score (nSPS) is 13.3. The van der Waals surface area contributed by atoms with E-state index in [1.165, 1.54) is 16.9 Å². The zero-order valence-electron chi connectivity index (χ0n) is 18.0. The molecule has 164 valence electrons. The van der Waals surface area contributed by atoms with Gasteiger partial charge in [-0.1, -0.05) is 48.2 Å². The zero-order valence-corrected chi connectivity index (χ0v) is 19.6. The molecule has 1 aliphatic rings. The summed E-state index contributed by atoms with van der Waals surface area (Å²) in [5.74, 6) is 0.683. The Hall–Kier alpha value is -3.16. The van der Waals surface area contributed by atoms with Gasteiger partial charge in [-0.3, -0.25) is 9.36 Å². The second-order valence-corrected chi connectivity index (χ2v) is 10.2. The molecule has 0 amide bonds. The van der Waals surface area contributed by atoms with Crippen LogP contribution in [0.15, 0.2) is 83.0 Å². The Morgan fingerprint density at radius 1 is 0.939 bits per heavy atom. The maximum absolute atomic E-state index is 13.8. The maximum atomic E-state index is 13.8. The topological polar surface area (TPSA) is 52.7 Å². The highest BCUT2D eigenvalue weighted by Crippen LogP contribution is 2.35. The summed E-state index contributed by atoms with van der Waals surface area (Å²) in [5, 5.41) is 6.05. The number of benzene rings is 2. The van der Waals surface area contributed by atoms with Crippen molar-refractivity contribution in [2.75, 3.05) is 0 Å². The van der Waals surface area contributed by atoms with Gasteiger partial charge in [0.05, 0.1) is 23.0 Å². The van der Waals surface area contributed by atoms with Crippen LogP contribution in [0.1, 0.15) is 28.8 Å². The first kappa shape index (κ1) is 20.4. The van der Waals surface area contributed by atoms with Gasteiger partial charge in [0, 0.05) is 22.4 Å². The Morgan fingerprint density at radius 3 is 2.45 bits per heavy atom. The van der Waals surface area contributed by atoms with Crippen molar-refractivity contribution >= 4 is 33.3 Å². The molecule has 0 bridgehead atoms. The molecule has 0 atom stereocenters. The minimum atomic E-state index is 0.0491. The molecule has 0 fully saturated rings. The Kier molecular flexibility index (Phi) is 5.36. The van der Waals surface area contributed by atoms with Crippen LogP contribution in [-0.4, -0.2) is 19.3 Å². The standard InChI is InChI=1S/C26H22N4OS2/c31-25-23-21-13-7-8-14-22(21)33-24(23)28-26(30(25)20-11-5-2-6-12-20)32-17-18-15-27-29(16-18)19-9-3-1-4-10-19/h1-6,9-12,15-16H,7-8,13-14,17H2. The molecular formula is C26H22N4OS2. The van der Waals surface area contributed by atoms with Crippen molar-refractivity contribution in [1.82, 2.24) is 19.3 Å². The molecule has 1 aliphatic carbocycles. The number of fused-ring (bicyclic) bond motifs is 3. The van der Waals surface area contributed by atoms with Gasteiger partial charge in [-0.05, 0) is 55.5 Å². The lowest BCUT2D eigenvalue weighted by molar-refractivity contribution is 0.699. The second kappa shape index (κ2) is 8.65. The molecule has 0 saturated carbocycles. The molecule has 6 rings (SSSR count). The molecule has 7 heteroatoms. The molecule has 0 saturated heterocycles. The van der Waals surface area contributed by atoms with Crippen LogP contribution in [0.2, 0.25) is 0 Å². The SMILES string of the molecule is O=c1c2c3c(sc2nc(SCc2cnn(-c4ccccc4)c2)n1-c1ccccc1)CCCC3. The highest BCUT2D eigenvalue weighted by atomic mass is 32.2. The number of para-hydroxylation sites is 2. The van der Waals surface area contributed by atoms with E-state index < -0.39 is 0 Å². The predicted molar refractivity (Wildman–Crippen MR) is 135 cm³/mol. The van der Waals surface area contributed by atoms with Crippen molar-refractivity contribution in [3.05, 3.63) is 99.4 Å². The van der Waals surface area contributed by atoms with Gasteiger partial charge in [0.2, 0.25) is 0 Å². The number of aryl methyl sites for hydroxylation is 2. The number of nitrogens with zero attached hydrogens (tertiary/aromatic N) is 4. The van der Waals surface area contributed by atoms with Crippen molar-refractivity contribution in [3.8, 4) is 11.4 Å². The summed E-state index contributed by atoms with van der Waals surface area (Å²) in [4.78, 5) is 21.0. The zero-order chi connectivity index (χ0) is 22.2. The Bertz CT molecular complexity index is 1490. The van der Waals surface area contributed by atoms with E-state index in [1.54, 1.807) is 27.7 Å². The monoisotopic (exact) mass is 470 g/mol. The molecule has 5 aromatic rings. The van der Waals surface area contributed by atoms with E-state index in [9.17, 15) is 4.79 Å². The van der Waals surface area contributed by atoms with E-state index in [-0.39, 0.29) is 5.56 Å². The van der Waals surface area contributed by atoms with Gasteiger partial charge in [-0.25, -0.2) is 9.67 Å². The molecule has 0 spiro atoms. The fourth-order valence-corrected chi connectivity index (χ4v) is 6.62. The van der Waals surface area contributed by atoms with Crippen molar-refractivity contribution in [2.24, 2.45) is 0 Å². The molecule has 5 nitrogen and oxygen atoms in total. The molecular weight excluding hydrogens is 448 g/mol. The van der Waals surface area contributed by atoms with E-state index in [1.807, 2.05) is 77.7 Å². The molecule has 3 aromatic heterocycles. The fourth-order valence-electron chi connectivity index (χ4n) is 4.39. The Labute approximate surface area is 199 Å². The van der Waals surface area contributed by atoms with E-state index in [0.29, 0.717) is 5.75 Å². The van der Waals surface area contributed by atoms with Gasteiger partial charge in [0.1, 0.15) is 4.83 Å². The highest BCUT2D eigenvalue weighted by molar-refractivity contribution is 7.98. The van der Waals surface area contributed by atoms with Gasteiger partial charge in [-0.15, -0.1) is 11.3 Å². The molecule has 33 heavy (non-hydrogen) atoms. The second-order valence-electron chi connectivity index (χ2n) is 8.18. The third kappa shape index (κ3) is 3.81. The van der Waals surface area contributed by atoms with Crippen LogP contribution in [0.3, 0.4) is 0 Å². The van der Waals surface area contributed by atoms with Crippen LogP contribution in [0, 0.1) is 0 Å². The van der Waals surface area contributed by atoms with Crippen molar-refractivity contribution in [1.29, 1.82) is 0 Å². The van der Waals surface area contributed by atoms with Gasteiger partial charge < -0.3 is 0 Å². The van der Waals surface area contributed by atoms with Crippen LogP contribution in [-0.2, 0) is 18.6 Å². The molecule has 0 unspecified atom stereocenters. The number of hydrogen-bond donors (Lipinski definition) is 0. The Morgan fingerprint density at radius 2 is 1.67 bits per heavy atom. The van der Waals surface area contributed by atoms with Gasteiger partial charge in [0.25, 0.3) is 5.56 Å². The largest absolute Gasteiger partial charge is 0.268 e. The third-order valence-corrected chi connectivity index (χ3v) is 8.19. The summed E-state index contributed by atoms with van der Waals surface area (Å²) in [5.41, 5.74) is 4.24. The Balaban J connectivity index is 1.40. The molecule has 0 N–H and O–H groups in total. The number of thiophene rings is 1. The summed E-state index contributed by atoms with van der Waals surface area (Å²) in [7, 11) is 0. The smallest absolute Gasteiger partial charge is 0.267 e. The van der Waals surface area contributed by atoms with E-state index in [4.69, 9.17) is 4.98 Å². The van der Waals surface area contributed by atoms with Crippen LogP contribution in [0.25, 0.3) is 21.6 Å². The summed E-state index contributed by atoms with van der Waals surface area (Å²) in [6.45, 7) is 0. The first-order chi connectivity index (χ1) is 16.3. The maximum Gasteiger partial charge on any atom is 0.267 e. The predicted octanol–water partition coefficient (Wildman–Crippen LogP) is 5.80. The molecule has 0 radical (unpaired) electrons. The van der Waals surface area contributed by atoms with E-state index >= 15 is 0 Å². The van der Waals surface area contributed by atoms with Crippen molar-refractivity contribution < 1.29 is 0 Å². The lowest BCUT2D eigenvalue weighted by Crippen LogP contribution is -2.22. The molecule has 0 aliphatic heterocycles. The van der Waals surface area contributed by atoms with Crippen LogP contribution >= 0.6 is 23.1 Å². The first-order valence-corrected chi connectivity index (χ1v) is 12.9. The van der Waals surface area contributed by atoms with Crippen LogP contribution < -0.4 is 5.56 Å². The average molecular weight is 471 g/mol. The van der Waals surface area contributed by atoms with E-state index in [2.05, 4.69) is 5.10 Å². The van der Waals surface area contributed by atoms with Crippen molar-refractivity contribution in [2.45, 2.75) is 36.6 Å². The number of aromatic nitrogens is 4. The molecule has 2 aromatic carbocycles.